The average molecular weight is 206 g/mol. The fourth-order valence-electron chi connectivity index (χ4n) is 2.03. The maximum absolute atomic E-state index is 9.26. The molecule has 1 aromatic carbocycles. The number of benzene rings is 1. The van der Waals surface area contributed by atoms with E-state index < -0.39 is 0 Å². The molecular weight excluding hydrogens is 184 g/mol. The zero-order chi connectivity index (χ0) is 11.5. The Bertz CT molecular complexity index is 296. The van der Waals surface area contributed by atoms with E-state index in [2.05, 4.69) is 27.7 Å². The van der Waals surface area contributed by atoms with Crippen molar-refractivity contribution in [1.82, 2.24) is 0 Å². The topological polar surface area (TPSA) is 20.2 Å². The number of hydrogen-bond acceptors (Lipinski definition) is 1. The van der Waals surface area contributed by atoms with Crippen LogP contribution < -0.4 is 0 Å². The molecule has 0 aliphatic carbocycles. The Labute approximate surface area is 93.1 Å². The van der Waals surface area contributed by atoms with E-state index in [1.165, 1.54) is 18.4 Å². The third-order valence-electron chi connectivity index (χ3n) is 4.05. The Morgan fingerprint density at radius 1 is 1.13 bits per heavy atom. The molecule has 1 nitrogen and oxygen atoms in total. The molecule has 0 amide bonds. The summed E-state index contributed by atoms with van der Waals surface area (Å²) >= 11 is 0. The Morgan fingerprint density at radius 2 is 1.60 bits per heavy atom. The Kier molecular flexibility index (Phi) is 3.78. The zero-order valence-corrected chi connectivity index (χ0v) is 10.2. The van der Waals surface area contributed by atoms with Gasteiger partial charge in [-0.1, -0.05) is 52.7 Å². The van der Waals surface area contributed by atoms with Gasteiger partial charge in [0.1, 0.15) is 5.75 Å². The van der Waals surface area contributed by atoms with Crippen LogP contribution in [-0.2, 0) is 0 Å². The second-order valence-electron chi connectivity index (χ2n) is 4.67. The minimum Gasteiger partial charge on any atom is -0.508 e. The molecule has 0 heterocycles. The highest BCUT2D eigenvalue weighted by atomic mass is 16.3. The average Bonchev–Trinajstić information content (AvgIpc) is 2.28. The van der Waals surface area contributed by atoms with Crippen molar-refractivity contribution >= 4 is 0 Å². The molecule has 1 heteroatoms. The minimum atomic E-state index is 0.348. The molecular formula is C14H22O. The van der Waals surface area contributed by atoms with E-state index in [0.717, 1.165) is 0 Å². The lowest BCUT2D eigenvalue weighted by Crippen LogP contribution is -2.21. The van der Waals surface area contributed by atoms with Gasteiger partial charge in [0, 0.05) is 0 Å². The fourth-order valence-corrected chi connectivity index (χ4v) is 2.03. The molecule has 0 saturated heterocycles. The molecule has 15 heavy (non-hydrogen) atoms. The lowest BCUT2D eigenvalue weighted by Gasteiger charge is -2.34. The highest BCUT2D eigenvalue weighted by Crippen LogP contribution is 2.41. The van der Waals surface area contributed by atoms with Crippen LogP contribution in [0.25, 0.3) is 0 Å². The molecule has 1 rings (SSSR count). The molecule has 0 aromatic heterocycles. The zero-order valence-electron chi connectivity index (χ0n) is 10.2. The number of hydrogen-bond donors (Lipinski definition) is 1. The van der Waals surface area contributed by atoms with Crippen LogP contribution in [0, 0.1) is 5.41 Å². The highest BCUT2D eigenvalue weighted by molar-refractivity contribution is 5.29. The second-order valence-corrected chi connectivity index (χ2v) is 4.67. The lowest BCUT2D eigenvalue weighted by atomic mass is 9.71. The highest BCUT2D eigenvalue weighted by Gasteiger charge is 2.28. The minimum absolute atomic E-state index is 0.348. The van der Waals surface area contributed by atoms with Crippen molar-refractivity contribution in [2.75, 3.05) is 0 Å². The molecule has 84 valence electrons. The van der Waals surface area contributed by atoms with Crippen molar-refractivity contribution in [3.63, 3.8) is 0 Å². The number of phenols is 1. The van der Waals surface area contributed by atoms with E-state index >= 15 is 0 Å². The van der Waals surface area contributed by atoms with Gasteiger partial charge in [0.2, 0.25) is 0 Å². The van der Waals surface area contributed by atoms with Crippen molar-refractivity contribution < 1.29 is 5.11 Å². The van der Waals surface area contributed by atoms with E-state index in [1.54, 1.807) is 12.1 Å². The maximum Gasteiger partial charge on any atom is 0.115 e. The summed E-state index contributed by atoms with van der Waals surface area (Å²) in [7, 11) is 0. The molecule has 0 radical (unpaired) electrons. The monoisotopic (exact) mass is 206 g/mol. The molecule has 0 fully saturated rings. The predicted octanol–water partition coefficient (Wildman–Crippen LogP) is 4.32. The van der Waals surface area contributed by atoms with Gasteiger partial charge in [0.05, 0.1) is 0 Å². The van der Waals surface area contributed by atoms with Crippen LogP contribution in [-0.4, -0.2) is 5.11 Å². The number of rotatable bonds is 4. The molecule has 1 aromatic rings. The van der Waals surface area contributed by atoms with E-state index in [-0.39, 0.29) is 0 Å². The van der Waals surface area contributed by atoms with Crippen LogP contribution in [0.5, 0.6) is 5.75 Å². The SMILES string of the molecule is CCC(C)(CC)C(C)c1ccc(O)cc1. The summed E-state index contributed by atoms with van der Waals surface area (Å²) in [5.74, 6) is 0.883. The molecule has 0 spiro atoms. The van der Waals surface area contributed by atoms with Gasteiger partial charge in [-0.3, -0.25) is 0 Å². The van der Waals surface area contributed by atoms with E-state index in [0.29, 0.717) is 17.1 Å². The van der Waals surface area contributed by atoms with Crippen LogP contribution in [0.4, 0.5) is 0 Å². The first-order valence-electron chi connectivity index (χ1n) is 5.82. The van der Waals surface area contributed by atoms with E-state index in [1.807, 2.05) is 12.1 Å². The number of aromatic hydroxyl groups is 1. The molecule has 0 aliphatic heterocycles. The van der Waals surface area contributed by atoms with Crippen LogP contribution in [0.1, 0.15) is 52.0 Å². The largest absolute Gasteiger partial charge is 0.508 e. The van der Waals surface area contributed by atoms with Crippen molar-refractivity contribution in [1.29, 1.82) is 0 Å². The summed E-state index contributed by atoms with van der Waals surface area (Å²) in [5.41, 5.74) is 1.68. The van der Waals surface area contributed by atoms with Crippen LogP contribution >= 0.6 is 0 Å². The molecule has 1 N–H and O–H groups in total. The molecule has 1 atom stereocenters. The maximum atomic E-state index is 9.26. The van der Waals surface area contributed by atoms with Crippen molar-refractivity contribution in [3.8, 4) is 5.75 Å². The molecule has 0 aliphatic rings. The van der Waals surface area contributed by atoms with Crippen molar-refractivity contribution in [2.24, 2.45) is 5.41 Å². The van der Waals surface area contributed by atoms with Gasteiger partial charge in [-0.05, 0) is 29.0 Å². The summed E-state index contributed by atoms with van der Waals surface area (Å²) in [4.78, 5) is 0. The van der Waals surface area contributed by atoms with Gasteiger partial charge in [0.15, 0.2) is 0 Å². The van der Waals surface area contributed by atoms with Gasteiger partial charge >= 0.3 is 0 Å². The Hall–Kier alpha value is -0.980. The first-order valence-corrected chi connectivity index (χ1v) is 5.82. The summed E-state index contributed by atoms with van der Waals surface area (Å²) in [5, 5.41) is 9.26. The Morgan fingerprint density at radius 3 is 2.00 bits per heavy atom. The standard InChI is InChI=1S/C14H22O/c1-5-14(4,6-2)11(3)12-7-9-13(15)10-8-12/h7-11,15H,5-6H2,1-4H3. The summed E-state index contributed by atoms with van der Waals surface area (Å²) in [6.45, 7) is 9.12. The van der Waals surface area contributed by atoms with Crippen molar-refractivity contribution in [3.05, 3.63) is 29.8 Å². The van der Waals surface area contributed by atoms with E-state index in [4.69, 9.17) is 0 Å². The van der Waals surface area contributed by atoms with Crippen molar-refractivity contribution in [2.45, 2.75) is 46.5 Å². The summed E-state index contributed by atoms with van der Waals surface area (Å²) < 4.78 is 0. The Balaban J connectivity index is 2.92. The summed E-state index contributed by atoms with van der Waals surface area (Å²) in [6.07, 6.45) is 2.37. The molecule has 1 unspecified atom stereocenters. The van der Waals surface area contributed by atoms with Crippen LogP contribution in [0.15, 0.2) is 24.3 Å². The fraction of sp³-hybridized carbons (Fsp3) is 0.571. The van der Waals surface area contributed by atoms with Gasteiger partial charge in [-0.2, -0.15) is 0 Å². The summed E-state index contributed by atoms with van der Waals surface area (Å²) in [6, 6.07) is 7.61. The van der Waals surface area contributed by atoms with E-state index in [9.17, 15) is 5.11 Å². The molecule has 0 saturated carbocycles. The third-order valence-corrected chi connectivity index (χ3v) is 4.05. The van der Waals surface area contributed by atoms with Gasteiger partial charge in [0.25, 0.3) is 0 Å². The van der Waals surface area contributed by atoms with Gasteiger partial charge < -0.3 is 5.11 Å². The van der Waals surface area contributed by atoms with Crippen LogP contribution in [0.3, 0.4) is 0 Å². The predicted molar refractivity (Wildman–Crippen MR) is 65.2 cm³/mol. The number of phenolic OH excluding ortho intramolecular Hbond substituents is 1. The first-order chi connectivity index (χ1) is 7.03. The third kappa shape index (κ3) is 2.53. The smallest absolute Gasteiger partial charge is 0.115 e. The first kappa shape index (κ1) is 12.1. The second kappa shape index (κ2) is 4.69. The van der Waals surface area contributed by atoms with Gasteiger partial charge in [-0.25, -0.2) is 0 Å². The quantitative estimate of drug-likeness (QED) is 0.777. The molecule has 0 bridgehead atoms. The normalized spacial score (nSPS) is 13.9. The van der Waals surface area contributed by atoms with Crippen LogP contribution in [0.2, 0.25) is 0 Å². The lowest BCUT2D eigenvalue weighted by molar-refractivity contribution is 0.243. The van der Waals surface area contributed by atoms with Gasteiger partial charge in [-0.15, -0.1) is 0 Å².